The van der Waals surface area contributed by atoms with E-state index in [1.807, 2.05) is 32.0 Å². The minimum Gasteiger partial charge on any atom is -0.304 e. The number of aryl methyl sites for hydroxylation is 2. The van der Waals surface area contributed by atoms with Crippen LogP contribution in [-0.2, 0) is 0 Å². The van der Waals surface area contributed by atoms with Crippen molar-refractivity contribution in [3.05, 3.63) is 63.7 Å². The summed E-state index contributed by atoms with van der Waals surface area (Å²) < 4.78 is 1.55. The Kier molecular flexibility index (Phi) is 4.14. The molecule has 0 spiro atoms. The van der Waals surface area contributed by atoms with Crippen molar-refractivity contribution >= 4 is 28.7 Å². The van der Waals surface area contributed by atoms with Crippen LogP contribution >= 0.6 is 11.3 Å². The third-order valence-electron chi connectivity index (χ3n) is 4.05. The number of hydrogen-bond donors (Lipinski definition) is 1. The number of anilines is 1. The SMILES string of the molecule is Cc1nc(C(=O)Nc2cnc3ccc(-c4ccccc4C#N)nn23)c(C)s1. The van der Waals surface area contributed by atoms with Crippen molar-refractivity contribution in [1.82, 2.24) is 19.6 Å². The van der Waals surface area contributed by atoms with Gasteiger partial charge in [-0.25, -0.2) is 9.97 Å². The molecule has 4 rings (SSSR count). The summed E-state index contributed by atoms with van der Waals surface area (Å²) in [7, 11) is 0. The van der Waals surface area contributed by atoms with Gasteiger partial charge in [-0.15, -0.1) is 11.3 Å². The predicted molar refractivity (Wildman–Crippen MR) is 103 cm³/mol. The van der Waals surface area contributed by atoms with E-state index in [4.69, 9.17) is 0 Å². The third kappa shape index (κ3) is 3.05. The number of thiazole rings is 1. The van der Waals surface area contributed by atoms with Crippen LogP contribution in [0.25, 0.3) is 16.9 Å². The Morgan fingerprint density at radius 3 is 2.78 bits per heavy atom. The lowest BCUT2D eigenvalue weighted by Crippen LogP contribution is -2.15. The van der Waals surface area contributed by atoms with Gasteiger partial charge >= 0.3 is 0 Å². The third-order valence-corrected chi connectivity index (χ3v) is 4.93. The quantitative estimate of drug-likeness (QED) is 0.591. The lowest BCUT2D eigenvalue weighted by atomic mass is 10.1. The van der Waals surface area contributed by atoms with Gasteiger partial charge in [-0.3, -0.25) is 4.79 Å². The highest BCUT2D eigenvalue weighted by molar-refractivity contribution is 7.11. The van der Waals surface area contributed by atoms with Gasteiger partial charge in [0.25, 0.3) is 5.91 Å². The average Bonchev–Trinajstić information content (AvgIpc) is 3.23. The van der Waals surface area contributed by atoms with Crippen LogP contribution in [0.15, 0.2) is 42.6 Å². The van der Waals surface area contributed by atoms with E-state index in [1.54, 1.807) is 28.9 Å². The summed E-state index contributed by atoms with van der Waals surface area (Å²) in [4.78, 5) is 22.0. The van der Waals surface area contributed by atoms with Crippen LogP contribution in [-0.4, -0.2) is 25.5 Å². The molecule has 8 heteroatoms. The van der Waals surface area contributed by atoms with Crippen molar-refractivity contribution in [3.63, 3.8) is 0 Å². The lowest BCUT2D eigenvalue weighted by Gasteiger charge is -2.06. The summed E-state index contributed by atoms with van der Waals surface area (Å²) in [6, 6.07) is 13.0. The van der Waals surface area contributed by atoms with Gasteiger partial charge in [0.15, 0.2) is 11.5 Å². The van der Waals surface area contributed by atoms with Crippen LogP contribution in [0.1, 0.15) is 25.9 Å². The maximum Gasteiger partial charge on any atom is 0.276 e. The van der Waals surface area contributed by atoms with Crippen molar-refractivity contribution in [3.8, 4) is 17.3 Å². The zero-order valence-corrected chi connectivity index (χ0v) is 15.4. The van der Waals surface area contributed by atoms with Gasteiger partial charge in [0.05, 0.1) is 28.5 Å². The van der Waals surface area contributed by atoms with Crippen LogP contribution in [0.3, 0.4) is 0 Å². The van der Waals surface area contributed by atoms with E-state index in [2.05, 4.69) is 26.5 Å². The van der Waals surface area contributed by atoms with Crippen molar-refractivity contribution in [2.75, 3.05) is 5.32 Å². The molecule has 0 aliphatic carbocycles. The van der Waals surface area contributed by atoms with Gasteiger partial charge in [-0.2, -0.15) is 14.9 Å². The molecule has 0 saturated heterocycles. The number of aromatic nitrogens is 4. The monoisotopic (exact) mass is 374 g/mol. The highest BCUT2D eigenvalue weighted by Crippen LogP contribution is 2.23. The molecule has 3 aromatic heterocycles. The van der Waals surface area contributed by atoms with E-state index in [9.17, 15) is 10.1 Å². The van der Waals surface area contributed by atoms with Gasteiger partial charge in [0, 0.05) is 10.4 Å². The number of hydrogen-bond acceptors (Lipinski definition) is 6. The van der Waals surface area contributed by atoms with E-state index in [0.717, 1.165) is 15.4 Å². The summed E-state index contributed by atoms with van der Waals surface area (Å²) in [6.45, 7) is 3.73. The second-order valence-electron chi connectivity index (χ2n) is 5.88. The van der Waals surface area contributed by atoms with E-state index in [0.29, 0.717) is 28.4 Å². The van der Waals surface area contributed by atoms with Crippen molar-refractivity contribution < 1.29 is 4.79 Å². The molecule has 0 fully saturated rings. The van der Waals surface area contributed by atoms with Gasteiger partial charge < -0.3 is 5.32 Å². The standard InChI is InChI=1S/C19H14N6OS/c1-11-18(22-12(2)27-11)19(26)23-17-10-21-16-8-7-15(24-25(16)17)14-6-4-3-5-13(14)9-20/h3-8,10H,1-2H3,(H,23,26). The zero-order valence-electron chi connectivity index (χ0n) is 14.6. The first-order valence-electron chi connectivity index (χ1n) is 8.16. The summed E-state index contributed by atoms with van der Waals surface area (Å²) in [6.07, 6.45) is 1.55. The Hall–Kier alpha value is -3.57. The number of imidazole rings is 1. The number of rotatable bonds is 3. The molecule has 27 heavy (non-hydrogen) atoms. The number of nitriles is 1. The van der Waals surface area contributed by atoms with Crippen LogP contribution < -0.4 is 5.32 Å². The topological polar surface area (TPSA) is 96.0 Å². The molecule has 0 aliphatic rings. The second-order valence-corrected chi connectivity index (χ2v) is 7.29. The Morgan fingerprint density at radius 1 is 1.22 bits per heavy atom. The first-order chi connectivity index (χ1) is 13.1. The molecular weight excluding hydrogens is 360 g/mol. The maximum atomic E-state index is 12.6. The molecule has 1 aromatic carbocycles. The molecule has 1 N–H and O–H groups in total. The van der Waals surface area contributed by atoms with Crippen LogP contribution in [0.4, 0.5) is 5.82 Å². The van der Waals surface area contributed by atoms with Crippen molar-refractivity contribution in [1.29, 1.82) is 5.26 Å². The molecule has 0 aliphatic heterocycles. The Labute approximate surface area is 158 Å². The molecule has 0 saturated carbocycles. The molecule has 0 atom stereocenters. The molecule has 0 radical (unpaired) electrons. The number of nitrogens with zero attached hydrogens (tertiary/aromatic N) is 5. The summed E-state index contributed by atoms with van der Waals surface area (Å²) in [5, 5.41) is 17.5. The summed E-state index contributed by atoms with van der Waals surface area (Å²) in [5.41, 5.74) is 2.87. The number of carbonyl (C=O) groups excluding carboxylic acids is 1. The fraction of sp³-hybridized carbons (Fsp3) is 0.105. The van der Waals surface area contributed by atoms with E-state index >= 15 is 0 Å². The minimum absolute atomic E-state index is 0.303. The first-order valence-corrected chi connectivity index (χ1v) is 8.98. The van der Waals surface area contributed by atoms with Gasteiger partial charge in [0.1, 0.15) is 5.69 Å². The van der Waals surface area contributed by atoms with Gasteiger partial charge in [0.2, 0.25) is 0 Å². The largest absolute Gasteiger partial charge is 0.304 e. The second kappa shape index (κ2) is 6.63. The predicted octanol–water partition coefficient (Wildman–Crippen LogP) is 3.59. The molecule has 1 amide bonds. The Bertz CT molecular complexity index is 1220. The molecule has 3 heterocycles. The number of amides is 1. The molecular formula is C19H14N6OS. The number of nitrogens with one attached hydrogen (secondary N) is 1. The number of fused-ring (bicyclic) bond motifs is 1. The first kappa shape index (κ1) is 16.9. The summed E-state index contributed by atoms with van der Waals surface area (Å²) in [5.74, 6) is 0.139. The zero-order chi connectivity index (χ0) is 19.0. The van der Waals surface area contributed by atoms with Crippen LogP contribution in [0, 0.1) is 25.2 Å². The maximum absolute atomic E-state index is 12.6. The average molecular weight is 374 g/mol. The van der Waals surface area contributed by atoms with Crippen molar-refractivity contribution in [2.24, 2.45) is 0 Å². The molecule has 4 aromatic rings. The fourth-order valence-electron chi connectivity index (χ4n) is 2.82. The smallest absolute Gasteiger partial charge is 0.276 e. The highest BCUT2D eigenvalue weighted by Gasteiger charge is 2.17. The van der Waals surface area contributed by atoms with Crippen LogP contribution in [0.5, 0.6) is 0 Å². The number of benzene rings is 1. The van der Waals surface area contributed by atoms with E-state index in [1.165, 1.54) is 11.3 Å². The minimum atomic E-state index is -0.303. The van der Waals surface area contributed by atoms with Crippen LogP contribution in [0.2, 0.25) is 0 Å². The normalized spacial score (nSPS) is 10.7. The lowest BCUT2D eigenvalue weighted by molar-refractivity contribution is 0.102. The molecule has 0 unspecified atom stereocenters. The number of carbonyl (C=O) groups is 1. The Morgan fingerprint density at radius 2 is 2.04 bits per heavy atom. The molecule has 7 nitrogen and oxygen atoms in total. The van der Waals surface area contributed by atoms with Crippen molar-refractivity contribution in [2.45, 2.75) is 13.8 Å². The summed E-state index contributed by atoms with van der Waals surface area (Å²) >= 11 is 1.48. The fourth-order valence-corrected chi connectivity index (χ4v) is 3.64. The molecule has 0 bridgehead atoms. The van der Waals surface area contributed by atoms with Gasteiger partial charge in [-0.05, 0) is 32.0 Å². The Balaban J connectivity index is 1.74. The van der Waals surface area contributed by atoms with E-state index in [-0.39, 0.29) is 5.91 Å². The van der Waals surface area contributed by atoms with E-state index < -0.39 is 0 Å². The highest BCUT2D eigenvalue weighted by atomic mass is 32.1. The van der Waals surface area contributed by atoms with Gasteiger partial charge in [-0.1, -0.05) is 18.2 Å². The molecule has 132 valence electrons.